The molecule has 0 aliphatic carbocycles. The van der Waals surface area contributed by atoms with E-state index in [0.29, 0.717) is 6.54 Å². The summed E-state index contributed by atoms with van der Waals surface area (Å²) in [6.07, 6.45) is 0. The lowest BCUT2D eigenvalue weighted by atomic mass is 10.0. The molecule has 0 heterocycles. The molecule has 1 unspecified atom stereocenters. The van der Waals surface area contributed by atoms with Crippen molar-refractivity contribution in [2.24, 2.45) is 11.7 Å². The van der Waals surface area contributed by atoms with Gasteiger partial charge in [-0.2, -0.15) is 0 Å². The SMILES string of the molecule is CC(C)C(N)C(=O)N(C)CC(C)(C)O. The molecule has 3 N–H and O–H groups in total. The number of hydrogen-bond donors (Lipinski definition) is 2. The maximum Gasteiger partial charge on any atom is 0.239 e. The topological polar surface area (TPSA) is 66.6 Å². The molecular formula is C10H22N2O2. The van der Waals surface area contributed by atoms with Gasteiger partial charge >= 0.3 is 0 Å². The molecule has 4 heteroatoms. The first-order valence-corrected chi connectivity index (χ1v) is 4.88. The molecule has 84 valence electrons. The number of nitrogens with zero attached hydrogens (tertiary/aromatic N) is 1. The molecule has 1 atom stereocenters. The monoisotopic (exact) mass is 202 g/mol. The molecule has 0 spiro atoms. The van der Waals surface area contributed by atoms with E-state index < -0.39 is 11.6 Å². The summed E-state index contributed by atoms with van der Waals surface area (Å²) >= 11 is 0. The minimum atomic E-state index is -0.874. The van der Waals surface area contributed by atoms with Crippen molar-refractivity contribution in [1.29, 1.82) is 0 Å². The van der Waals surface area contributed by atoms with Crippen molar-refractivity contribution in [2.45, 2.75) is 39.3 Å². The molecule has 0 aromatic carbocycles. The van der Waals surface area contributed by atoms with Gasteiger partial charge in [0.1, 0.15) is 0 Å². The summed E-state index contributed by atoms with van der Waals surface area (Å²) in [7, 11) is 1.66. The number of carbonyl (C=O) groups excluding carboxylic acids is 1. The Hall–Kier alpha value is -0.610. The van der Waals surface area contributed by atoms with Crippen molar-refractivity contribution < 1.29 is 9.90 Å². The molecular weight excluding hydrogens is 180 g/mol. The van der Waals surface area contributed by atoms with Crippen molar-refractivity contribution in [3.05, 3.63) is 0 Å². The van der Waals surface area contributed by atoms with Crippen LogP contribution in [-0.4, -0.2) is 41.1 Å². The van der Waals surface area contributed by atoms with Gasteiger partial charge in [0.05, 0.1) is 11.6 Å². The number of aliphatic hydroxyl groups is 1. The molecule has 0 aromatic rings. The van der Waals surface area contributed by atoms with E-state index in [1.165, 1.54) is 4.90 Å². The summed E-state index contributed by atoms with van der Waals surface area (Å²) in [6, 6.07) is -0.484. The number of rotatable bonds is 4. The predicted molar refractivity (Wildman–Crippen MR) is 56.7 cm³/mol. The van der Waals surface area contributed by atoms with Crippen LogP contribution in [-0.2, 0) is 4.79 Å². The third-order valence-corrected chi connectivity index (χ3v) is 2.00. The van der Waals surface area contributed by atoms with Gasteiger partial charge in [0.2, 0.25) is 5.91 Å². The van der Waals surface area contributed by atoms with Crippen LogP contribution < -0.4 is 5.73 Å². The first-order chi connectivity index (χ1) is 6.15. The highest BCUT2D eigenvalue weighted by atomic mass is 16.3. The number of hydrogen-bond acceptors (Lipinski definition) is 3. The van der Waals surface area contributed by atoms with Gasteiger partial charge in [-0.15, -0.1) is 0 Å². The standard InChI is InChI=1S/C10H22N2O2/c1-7(2)8(11)9(13)12(5)6-10(3,4)14/h7-8,14H,6,11H2,1-5H3. The maximum absolute atomic E-state index is 11.7. The largest absolute Gasteiger partial charge is 0.389 e. The Morgan fingerprint density at radius 2 is 1.93 bits per heavy atom. The minimum Gasteiger partial charge on any atom is -0.389 e. The zero-order valence-corrected chi connectivity index (χ0v) is 9.74. The molecule has 0 saturated heterocycles. The van der Waals surface area contributed by atoms with Crippen molar-refractivity contribution in [2.75, 3.05) is 13.6 Å². The van der Waals surface area contributed by atoms with E-state index in [-0.39, 0.29) is 11.8 Å². The van der Waals surface area contributed by atoms with Gasteiger partial charge < -0.3 is 15.7 Å². The highest BCUT2D eigenvalue weighted by molar-refractivity contribution is 5.81. The number of nitrogens with two attached hydrogens (primary N) is 1. The van der Waals surface area contributed by atoms with Crippen LogP contribution in [0.4, 0.5) is 0 Å². The van der Waals surface area contributed by atoms with Crippen molar-refractivity contribution >= 4 is 5.91 Å². The van der Waals surface area contributed by atoms with Gasteiger partial charge in [0.25, 0.3) is 0 Å². The molecule has 0 saturated carbocycles. The number of likely N-dealkylation sites (N-methyl/N-ethyl adjacent to an activating group) is 1. The molecule has 0 radical (unpaired) electrons. The van der Waals surface area contributed by atoms with Gasteiger partial charge in [-0.3, -0.25) is 4.79 Å². The molecule has 0 aliphatic rings. The van der Waals surface area contributed by atoms with Gasteiger partial charge in [-0.25, -0.2) is 0 Å². The summed E-state index contributed by atoms with van der Waals surface area (Å²) in [4.78, 5) is 13.1. The van der Waals surface area contributed by atoms with Crippen LogP contribution in [0.15, 0.2) is 0 Å². The Balaban J connectivity index is 4.26. The lowest BCUT2D eigenvalue weighted by Gasteiger charge is -2.28. The van der Waals surface area contributed by atoms with E-state index in [2.05, 4.69) is 0 Å². The van der Waals surface area contributed by atoms with Crippen LogP contribution in [0, 0.1) is 5.92 Å². The quantitative estimate of drug-likeness (QED) is 0.684. The lowest BCUT2D eigenvalue weighted by Crippen LogP contribution is -2.49. The van der Waals surface area contributed by atoms with Crippen LogP contribution >= 0.6 is 0 Å². The van der Waals surface area contributed by atoms with Gasteiger partial charge in [-0.1, -0.05) is 13.8 Å². The fourth-order valence-electron chi connectivity index (χ4n) is 1.20. The smallest absolute Gasteiger partial charge is 0.239 e. The summed E-state index contributed by atoms with van der Waals surface area (Å²) < 4.78 is 0. The Bertz CT molecular complexity index is 197. The summed E-state index contributed by atoms with van der Waals surface area (Å²) in [5.74, 6) is -0.00567. The van der Waals surface area contributed by atoms with E-state index in [9.17, 15) is 9.90 Å². The van der Waals surface area contributed by atoms with Gasteiger partial charge in [-0.05, 0) is 19.8 Å². The summed E-state index contributed by atoms with van der Waals surface area (Å²) in [5.41, 5.74) is 4.83. The van der Waals surface area contributed by atoms with Crippen molar-refractivity contribution in [3.63, 3.8) is 0 Å². The Labute approximate surface area is 86.1 Å². The van der Waals surface area contributed by atoms with Crippen LogP contribution in [0.3, 0.4) is 0 Å². The molecule has 1 amide bonds. The van der Waals surface area contributed by atoms with Crippen molar-refractivity contribution in [3.8, 4) is 0 Å². The van der Waals surface area contributed by atoms with Gasteiger partial charge in [0.15, 0.2) is 0 Å². The zero-order chi connectivity index (χ0) is 11.5. The first-order valence-electron chi connectivity index (χ1n) is 4.88. The van der Waals surface area contributed by atoms with Crippen LogP contribution in [0.25, 0.3) is 0 Å². The third-order valence-electron chi connectivity index (χ3n) is 2.00. The molecule has 0 bridgehead atoms. The second-order valence-electron chi connectivity index (χ2n) is 4.78. The number of carbonyl (C=O) groups is 1. The van der Waals surface area contributed by atoms with E-state index in [1.807, 2.05) is 13.8 Å². The Morgan fingerprint density at radius 3 is 2.21 bits per heavy atom. The second kappa shape index (κ2) is 4.75. The lowest BCUT2D eigenvalue weighted by molar-refractivity contribution is -0.134. The van der Waals surface area contributed by atoms with E-state index >= 15 is 0 Å². The van der Waals surface area contributed by atoms with E-state index in [0.717, 1.165) is 0 Å². The van der Waals surface area contributed by atoms with E-state index in [4.69, 9.17) is 5.73 Å². The highest BCUT2D eigenvalue weighted by Crippen LogP contribution is 2.07. The molecule has 0 rings (SSSR count). The molecule has 0 fully saturated rings. The average molecular weight is 202 g/mol. The summed E-state index contributed by atoms with van der Waals surface area (Å²) in [6.45, 7) is 7.43. The second-order valence-corrected chi connectivity index (χ2v) is 4.78. The molecule has 14 heavy (non-hydrogen) atoms. The van der Waals surface area contributed by atoms with Crippen LogP contribution in [0.5, 0.6) is 0 Å². The molecule has 0 aromatic heterocycles. The van der Waals surface area contributed by atoms with Crippen LogP contribution in [0.2, 0.25) is 0 Å². The van der Waals surface area contributed by atoms with Gasteiger partial charge in [0, 0.05) is 13.6 Å². The van der Waals surface area contributed by atoms with Crippen LogP contribution in [0.1, 0.15) is 27.7 Å². The fraction of sp³-hybridized carbons (Fsp3) is 0.900. The molecule has 0 aliphatic heterocycles. The average Bonchev–Trinajstić information content (AvgIpc) is 1.98. The Morgan fingerprint density at radius 1 is 1.50 bits per heavy atom. The number of amides is 1. The maximum atomic E-state index is 11.7. The fourth-order valence-corrected chi connectivity index (χ4v) is 1.20. The Kier molecular flexibility index (Phi) is 4.55. The normalized spacial score (nSPS) is 14.3. The highest BCUT2D eigenvalue weighted by Gasteiger charge is 2.24. The first kappa shape index (κ1) is 13.4. The molecule has 4 nitrogen and oxygen atoms in total. The minimum absolute atomic E-state index is 0.117. The predicted octanol–water partition coefficient (Wildman–Crippen LogP) is 0.199. The van der Waals surface area contributed by atoms with E-state index in [1.54, 1.807) is 20.9 Å². The third kappa shape index (κ3) is 4.58. The summed E-state index contributed by atoms with van der Waals surface area (Å²) in [5, 5.41) is 9.52. The van der Waals surface area contributed by atoms with Crippen molar-refractivity contribution in [1.82, 2.24) is 4.90 Å². The zero-order valence-electron chi connectivity index (χ0n) is 9.74.